The first kappa shape index (κ1) is 18.3. The molecule has 6 nitrogen and oxygen atoms in total. The Bertz CT molecular complexity index is 1050. The number of anilines is 2. The number of aromatic nitrogens is 2. The van der Waals surface area contributed by atoms with Crippen molar-refractivity contribution in [1.82, 2.24) is 9.97 Å². The summed E-state index contributed by atoms with van der Waals surface area (Å²) in [6.07, 6.45) is 3.62. The minimum atomic E-state index is 0.643. The van der Waals surface area contributed by atoms with Gasteiger partial charge in [0, 0.05) is 42.5 Å². The molecule has 3 aromatic rings. The Balaban J connectivity index is 2.00. The molecule has 0 unspecified atom stereocenters. The highest BCUT2D eigenvalue weighted by atomic mass is 16.5. The van der Waals surface area contributed by atoms with E-state index in [0.29, 0.717) is 24.6 Å². The number of nitrogens with zero attached hydrogens (tertiary/aromatic N) is 3. The van der Waals surface area contributed by atoms with Gasteiger partial charge in [0.1, 0.15) is 11.3 Å². The lowest BCUT2D eigenvalue weighted by molar-refractivity contribution is 0.122. The van der Waals surface area contributed by atoms with Crippen molar-refractivity contribution in [1.29, 1.82) is 0 Å². The third kappa shape index (κ3) is 2.96. The normalized spacial score (nSPS) is 14.3. The topological polar surface area (TPSA) is 63.4 Å². The monoisotopic (exact) mass is 376 g/mol. The highest BCUT2D eigenvalue weighted by Crippen LogP contribution is 2.36. The number of nitrogens with one attached hydrogen (secondary N) is 1. The van der Waals surface area contributed by atoms with E-state index in [4.69, 9.17) is 19.1 Å². The van der Waals surface area contributed by atoms with Crippen molar-refractivity contribution in [3.05, 3.63) is 48.2 Å². The summed E-state index contributed by atoms with van der Waals surface area (Å²) >= 11 is 0. The summed E-state index contributed by atoms with van der Waals surface area (Å²) < 4.78 is 11.6. The van der Waals surface area contributed by atoms with Crippen LogP contribution in [-0.4, -0.2) is 43.3 Å². The number of fused-ring (bicyclic) bond motifs is 1. The second kappa shape index (κ2) is 7.48. The third-order valence-electron chi connectivity index (χ3n) is 5.07. The second-order valence-corrected chi connectivity index (χ2v) is 6.64. The lowest BCUT2D eigenvalue weighted by Gasteiger charge is -2.28. The van der Waals surface area contributed by atoms with Crippen LogP contribution in [0.15, 0.2) is 35.8 Å². The van der Waals surface area contributed by atoms with Crippen LogP contribution in [0.2, 0.25) is 0 Å². The van der Waals surface area contributed by atoms with Crippen LogP contribution < -0.4 is 10.2 Å². The standard InChI is InChI=1S/C22H24N4O2/c1-5-15-14(3)28-20-19(15)24-21(25-22(20)26-10-12-27-13-11-26)17-8-7-9-18(23-4)16(17)6-2/h5-9,23H,1-2,10-13H2,3-4H3. The number of benzene rings is 1. The summed E-state index contributed by atoms with van der Waals surface area (Å²) in [5, 5.41) is 3.21. The van der Waals surface area contributed by atoms with Gasteiger partial charge < -0.3 is 19.4 Å². The van der Waals surface area contributed by atoms with Crippen LogP contribution in [0.25, 0.3) is 34.6 Å². The van der Waals surface area contributed by atoms with Crippen molar-refractivity contribution in [2.24, 2.45) is 0 Å². The van der Waals surface area contributed by atoms with Crippen LogP contribution in [0, 0.1) is 6.92 Å². The quantitative estimate of drug-likeness (QED) is 0.714. The van der Waals surface area contributed by atoms with Crippen LogP contribution >= 0.6 is 0 Å². The van der Waals surface area contributed by atoms with Crippen molar-refractivity contribution in [3.8, 4) is 11.4 Å². The lowest BCUT2D eigenvalue weighted by Crippen LogP contribution is -2.37. The molecular weight excluding hydrogens is 352 g/mol. The minimum absolute atomic E-state index is 0.643. The first-order valence-electron chi connectivity index (χ1n) is 9.37. The summed E-state index contributed by atoms with van der Waals surface area (Å²) in [6.45, 7) is 12.7. The van der Waals surface area contributed by atoms with Crippen LogP contribution in [0.1, 0.15) is 16.9 Å². The molecule has 0 atom stereocenters. The number of rotatable bonds is 5. The van der Waals surface area contributed by atoms with Gasteiger partial charge in [0.25, 0.3) is 0 Å². The highest BCUT2D eigenvalue weighted by Gasteiger charge is 2.23. The Morgan fingerprint density at radius 3 is 2.54 bits per heavy atom. The molecule has 144 valence electrons. The van der Waals surface area contributed by atoms with Crippen molar-refractivity contribution in [2.45, 2.75) is 6.92 Å². The fraction of sp³-hybridized carbons (Fsp3) is 0.273. The summed E-state index contributed by atoms with van der Waals surface area (Å²) in [7, 11) is 1.89. The molecular formula is C22H24N4O2. The molecule has 1 aliphatic rings. The van der Waals surface area contributed by atoms with E-state index in [-0.39, 0.29) is 0 Å². The van der Waals surface area contributed by atoms with Gasteiger partial charge in [0.2, 0.25) is 0 Å². The molecule has 0 bridgehead atoms. The van der Waals surface area contributed by atoms with Crippen molar-refractivity contribution in [2.75, 3.05) is 43.6 Å². The number of ether oxygens (including phenoxy) is 1. The van der Waals surface area contributed by atoms with Crippen molar-refractivity contribution < 1.29 is 9.15 Å². The largest absolute Gasteiger partial charge is 0.455 e. The fourth-order valence-electron chi connectivity index (χ4n) is 3.64. The Labute approximate surface area is 164 Å². The molecule has 1 N–H and O–H groups in total. The fourth-order valence-corrected chi connectivity index (χ4v) is 3.64. The first-order valence-corrected chi connectivity index (χ1v) is 9.37. The lowest BCUT2D eigenvalue weighted by atomic mass is 10.0. The van der Waals surface area contributed by atoms with Gasteiger partial charge in [0.05, 0.1) is 13.2 Å². The minimum Gasteiger partial charge on any atom is -0.455 e. The summed E-state index contributed by atoms with van der Waals surface area (Å²) in [6, 6.07) is 6.02. The van der Waals surface area contributed by atoms with Crippen LogP contribution in [0.3, 0.4) is 0 Å². The van der Waals surface area contributed by atoms with E-state index in [1.54, 1.807) is 6.08 Å². The molecule has 1 saturated heterocycles. The molecule has 2 aromatic heterocycles. The Morgan fingerprint density at radius 2 is 1.86 bits per heavy atom. The van der Waals surface area contributed by atoms with Crippen molar-refractivity contribution >= 4 is 34.8 Å². The molecule has 0 radical (unpaired) electrons. The van der Waals surface area contributed by atoms with Crippen LogP contribution in [0.4, 0.5) is 11.5 Å². The van der Waals surface area contributed by atoms with E-state index in [1.807, 2.05) is 38.2 Å². The van der Waals surface area contributed by atoms with Gasteiger partial charge in [-0.1, -0.05) is 37.4 Å². The van der Waals surface area contributed by atoms with Gasteiger partial charge >= 0.3 is 0 Å². The smallest absolute Gasteiger partial charge is 0.195 e. The predicted octanol–water partition coefficient (Wildman–Crippen LogP) is 4.36. The molecule has 0 saturated carbocycles. The molecule has 3 heterocycles. The van der Waals surface area contributed by atoms with Gasteiger partial charge in [-0.2, -0.15) is 0 Å². The average Bonchev–Trinajstić information content (AvgIpc) is 3.07. The molecule has 0 spiro atoms. The molecule has 28 heavy (non-hydrogen) atoms. The zero-order chi connectivity index (χ0) is 19.7. The van der Waals surface area contributed by atoms with Crippen LogP contribution in [0.5, 0.6) is 0 Å². The Hall–Kier alpha value is -3.12. The molecule has 0 amide bonds. The predicted molar refractivity (Wildman–Crippen MR) is 115 cm³/mol. The summed E-state index contributed by atoms with van der Waals surface area (Å²) in [4.78, 5) is 12.0. The molecule has 4 rings (SSSR count). The number of hydrogen-bond acceptors (Lipinski definition) is 6. The van der Waals surface area contributed by atoms with E-state index < -0.39 is 0 Å². The van der Waals surface area contributed by atoms with Crippen LogP contribution in [-0.2, 0) is 4.74 Å². The maximum Gasteiger partial charge on any atom is 0.195 e. The van der Waals surface area contributed by atoms with E-state index in [9.17, 15) is 0 Å². The molecule has 1 aromatic carbocycles. The number of morpholine rings is 1. The highest BCUT2D eigenvalue weighted by molar-refractivity contribution is 5.94. The average molecular weight is 376 g/mol. The van der Waals surface area contributed by atoms with Gasteiger partial charge in [-0.05, 0) is 13.0 Å². The van der Waals surface area contributed by atoms with Gasteiger partial charge in [-0.15, -0.1) is 0 Å². The van der Waals surface area contributed by atoms with E-state index >= 15 is 0 Å². The third-order valence-corrected chi connectivity index (χ3v) is 5.07. The second-order valence-electron chi connectivity index (χ2n) is 6.64. The van der Waals surface area contributed by atoms with Gasteiger partial charge in [-0.25, -0.2) is 9.97 Å². The van der Waals surface area contributed by atoms with E-state index in [0.717, 1.165) is 52.6 Å². The maximum absolute atomic E-state index is 6.06. The first-order chi connectivity index (χ1) is 13.7. The van der Waals surface area contributed by atoms with E-state index in [2.05, 4.69) is 23.4 Å². The molecule has 6 heteroatoms. The zero-order valence-corrected chi connectivity index (χ0v) is 16.3. The summed E-state index contributed by atoms with van der Waals surface area (Å²) in [5.41, 5.74) is 5.26. The van der Waals surface area contributed by atoms with Gasteiger partial charge in [0.15, 0.2) is 17.2 Å². The summed E-state index contributed by atoms with van der Waals surface area (Å²) in [5.74, 6) is 2.23. The molecule has 1 aliphatic heterocycles. The van der Waals surface area contributed by atoms with Crippen molar-refractivity contribution in [3.63, 3.8) is 0 Å². The number of furan rings is 1. The Morgan fingerprint density at radius 1 is 1.11 bits per heavy atom. The SMILES string of the molecule is C=Cc1c(NC)cccc1-c1nc(N2CCOCC2)c2oc(C)c(C=C)c2n1. The maximum atomic E-state index is 6.06. The zero-order valence-electron chi connectivity index (χ0n) is 16.3. The number of aryl methyl sites for hydroxylation is 1. The number of hydrogen-bond donors (Lipinski definition) is 1. The Kier molecular flexibility index (Phi) is 4.88. The van der Waals surface area contributed by atoms with E-state index in [1.165, 1.54) is 0 Å². The van der Waals surface area contributed by atoms with Gasteiger partial charge in [-0.3, -0.25) is 0 Å². The molecule has 1 fully saturated rings. The molecule has 0 aliphatic carbocycles.